The number of Topliss-reactive ketones (excluding diaryl/α,β-unsaturated/α-hetero) is 1. The third-order valence-corrected chi connectivity index (χ3v) is 3.29. The molecule has 0 radical (unpaired) electrons. The van der Waals surface area contributed by atoms with Crippen LogP contribution in [0.25, 0.3) is 0 Å². The van der Waals surface area contributed by atoms with Crippen molar-refractivity contribution in [2.45, 2.75) is 20.3 Å². The lowest BCUT2D eigenvalue weighted by Crippen LogP contribution is -2.21. The SMILES string of the molecule is CC(=O)c1cccc(NC(=O)CC(=O)Nc2ccccc2C)c1. The first kappa shape index (κ1) is 16.4. The standard InChI is InChI=1S/C18H18N2O3/c1-12-6-3-4-9-16(12)20-18(23)11-17(22)19-15-8-5-7-14(10-15)13(2)21/h3-10H,11H2,1-2H3,(H,19,22)(H,20,23). The Balaban J connectivity index is 1.94. The Morgan fingerprint density at radius 2 is 1.61 bits per heavy atom. The van der Waals surface area contributed by atoms with Crippen LogP contribution in [0.15, 0.2) is 48.5 Å². The number of anilines is 2. The Kier molecular flexibility index (Phi) is 5.25. The van der Waals surface area contributed by atoms with Crippen molar-refractivity contribution >= 4 is 29.0 Å². The molecule has 0 saturated heterocycles. The van der Waals surface area contributed by atoms with Gasteiger partial charge in [0.05, 0.1) is 0 Å². The molecule has 0 fully saturated rings. The molecule has 0 aliphatic heterocycles. The lowest BCUT2D eigenvalue weighted by Gasteiger charge is -2.09. The van der Waals surface area contributed by atoms with Crippen LogP contribution < -0.4 is 10.6 Å². The minimum Gasteiger partial charge on any atom is -0.326 e. The van der Waals surface area contributed by atoms with Crippen molar-refractivity contribution in [2.75, 3.05) is 10.6 Å². The van der Waals surface area contributed by atoms with Gasteiger partial charge in [-0.25, -0.2) is 0 Å². The summed E-state index contributed by atoms with van der Waals surface area (Å²) in [6, 6.07) is 14.0. The summed E-state index contributed by atoms with van der Waals surface area (Å²) in [5, 5.41) is 5.32. The first-order chi connectivity index (χ1) is 11.0. The summed E-state index contributed by atoms with van der Waals surface area (Å²) in [5.41, 5.74) is 2.61. The molecule has 23 heavy (non-hydrogen) atoms. The number of ketones is 1. The molecule has 0 spiro atoms. The fraction of sp³-hybridized carbons (Fsp3) is 0.167. The lowest BCUT2D eigenvalue weighted by molar-refractivity contribution is -0.123. The number of rotatable bonds is 5. The number of hydrogen-bond donors (Lipinski definition) is 2. The number of carbonyl (C=O) groups is 3. The summed E-state index contributed by atoms with van der Waals surface area (Å²) in [7, 11) is 0. The first-order valence-corrected chi connectivity index (χ1v) is 7.22. The summed E-state index contributed by atoms with van der Waals surface area (Å²) in [6.07, 6.45) is -0.293. The molecule has 0 bridgehead atoms. The van der Waals surface area contributed by atoms with Gasteiger partial charge in [-0.1, -0.05) is 30.3 Å². The molecule has 2 rings (SSSR count). The van der Waals surface area contributed by atoms with E-state index in [2.05, 4.69) is 10.6 Å². The number of para-hydroxylation sites is 1. The van der Waals surface area contributed by atoms with Crippen LogP contribution in [0.3, 0.4) is 0 Å². The van der Waals surface area contributed by atoms with Gasteiger partial charge in [-0.15, -0.1) is 0 Å². The Labute approximate surface area is 134 Å². The van der Waals surface area contributed by atoms with Gasteiger partial charge in [0.1, 0.15) is 6.42 Å². The van der Waals surface area contributed by atoms with E-state index in [-0.39, 0.29) is 18.1 Å². The van der Waals surface area contributed by atoms with Gasteiger partial charge in [0.2, 0.25) is 11.8 Å². The minimum absolute atomic E-state index is 0.0848. The Morgan fingerprint density at radius 1 is 0.913 bits per heavy atom. The number of benzene rings is 2. The van der Waals surface area contributed by atoms with Crippen LogP contribution in [0.2, 0.25) is 0 Å². The van der Waals surface area contributed by atoms with E-state index in [1.54, 1.807) is 30.3 Å². The van der Waals surface area contributed by atoms with E-state index < -0.39 is 5.91 Å². The molecule has 2 aromatic rings. The maximum absolute atomic E-state index is 11.9. The van der Waals surface area contributed by atoms with E-state index in [9.17, 15) is 14.4 Å². The average molecular weight is 310 g/mol. The molecule has 0 aromatic heterocycles. The van der Waals surface area contributed by atoms with Gasteiger partial charge in [-0.3, -0.25) is 14.4 Å². The predicted molar refractivity (Wildman–Crippen MR) is 89.5 cm³/mol. The Bertz CT molecular complexity index is 753. The molecule has 2 aromatic carbocycles. The second-order valence-electron chi connectivity index (χ2n) is 5.23. The zero-order chi connectivity index (χ0) is 16.8. The maximum atomic E-state index is 11.9. The number of aryl methyl sites for hydroxylation is 1. The highest BCUT2D eigenvalue weighted by Crippen LogP contribution is 2.14. The zero-order valence-corrected chi connectivity index (χ0v) is 13.1. The van der Waals surface area contributed by atoms with Gasteiger partial charge in [0.15, 0.2) is 5.78 Å². The topological polar surface area (TPSA) is 75.3 Å². The lowest BCUT2D eigenvalue weighted by atomic mass is 10.1. The smallest absolute Gasteiger partial charge is 0.233 e. The maximum Gasteiger partial charge on any atom is 0.233 e. The van der Waals surface area contributed by atoms with E-state index in [0.29, 0.717) is 16.9 Å². The summed E-state index contributed by atoms with van der Waals surface area (Å²) in [4.78, 5) is 35.2. The molecule has 2 N–H and O–H groups in total. The number of carbonyl (C=O) groups excluding carboxylic acids is 3. The van der Waals surface area contributed by atoms with E-state index in [1.807, 2.05) is 25.1 Å². The second-order valence-corrected chi connectivity index (χ2v) is 5.23. The van der Waals surface area contributed by atoms with Crippen molar-refractivity contribution in [1.82, 2.24) is 0 Å². The number of nitrogens with one attached hydrogen (secondary N) is 2. The van der Waals surface area contributed by atoms with Crippen molar-refractivity contribution < 1.29 is 14.4 Å². The molecule has 5 nitrogen and oxygen atoms in total. The van der Waals surface area contributed by atoms with Gasteiger partial charge in [0.25, 0.3) is 0 Å². The van der Waals surface area contributed by atoms with Crippen LogP contribution in [0, 0.1) is 6.92 Å². The molecule has 0 saturated carbocycles. The van der Waals surface area contributed by atoms with Crippen LogP contribution in [0.4, 0.5) is 11.4 Å². The average Bonchev–Trinajstić information content (AvgIpc) is 2.49. The van der Waals surface area contributed by atoms with Gasteiger partial charge < -0.3 is 10.6 Å². The van der Waals surface area contributed by atoms with Crippen LogP contribution in [-0.2, 0) is 9.59 Å². The predicted octanol–water partition coefficient (Wildman–Crippen LogP) is 3.16. The Hall–Kier alpha value is -2.95. The van der Waals surface area contributed by atoms with Crippen molar-refractivity contribution in [3.63, 3.8) is 0 Å². The molecule has 118 valence electrons. The molecule has 0 heterocycles. The summed E-state index contributed by atoms with van der Waals surface area (Å²) in [6.45, 7) is 3.33. The third kappa shape index (κ3) is 4.78. The van der Waals surface area contributed by atoms with Crippen LogP contribution in [-0.4, -0.2) is 17.6 Å². The number of hydrogen-bond acceptors (Lipinski definition) is 3. The highest BCUT2D eigenvalue weighted by Gasteiger charge is 2.11. The third-order valence-electron chi connectivity index (χ3n) is 3.29. The van der Waals surface area contributed by atoms with Crippen molar-refractivity contribution in [2.24, 2.45) is 0 Å². The van der Waals surface area contributed by atoms with E-state index in [4.69, 9.17) is 0 Å². The molecule has 0 aliphatic carbocycles. The number of amides is 2. The van der Waals surface area contributed by atoms with Crippen LogP contribution in [0.1, 0.15) is 29.3 Å². The highest BCUT2D eigenvalue weighted by atomic mass is 16.2. The zero-order valence-electron chi connectivity index (χ0n) is 13.1. The fourth-order valence-corrected chi connectivity index (χ4v) is 2.07. The first-order valence-electron chi connectivity index (χ1n) is 7.22. The fourth-order valence-electron chi connectivity index (χ4n) is 2.07. The summed E-state index contributed by atoms with van der Waals surface area (Å²) >= 11 is 0. The summed E-state index contributed by atoms with van der Waals surface area (Å²) < 4.78 is 0. The van der Waals surface area contributed by atoms with Gasteiger partial charge >= 0.3 is 0 Å². The van der Waals surface area contributed by atoms with Crippen LogP contribution in [0.5, 0.6) is 0 Å². The molecule has 0 aliphatic rings. The van der Waals surface area contributed by atoms with Crippen molar-refractivity contribution in [3.05, 3.63) is 59.7 Å². The van der Waals surface area contributed by atoms with E-state index in [0.717, 1.165) is 5.56 Å². The normalized spacial score (nSPS) is 10.0. The molecular formula is C18H18N2O3. The quantitative estimate of drug-likeness (QED) is 0.658. The highest BCUT2D eigenvalue weighted by molar-refractivity contribution is 6.08. The van der Waals surface area contributed by atoms with E-state index >= 15 is 0 Å². The summed E-state index contributed by atoms with van der Waals surface area (Å²) in [5.74, 6) is -0.908. The van der Waals surface area contributed by atoms with Gasteiger partial charge in [-0.05, 0) is 37.6 Å². The monoisotopic (exact) mass is 310 g/mol. The van der Waals surface area contributed by atoms with Crippen molar-refractivity contribution in [1.29, 1.82) is 0 Å². The molecule has 5 heteroatoms. The van der Waals surface area contributed by atoms with Crippen molar-refractivity contribution in [3.8, 4) is 0 Å². The van der Waals surface area contributed by atoms with Crippen LogP contribution >= 0.6 is 0 Å². The van der Waals surface area contributed by atoms with Gasteiger partial charge in [-0.2, -0.15) is 0 Å². The van der Waals surface area contributed by atoms with E-state index in [1.165, 1.54) is 6.92 Å². The van der Waals surface area contributed by atoms with Gasteiger partial charge in [0, 0.05) is 16.9 Å². The molecular weight excluding hydrogens is 292 g/mol. The second kappa shape index (κ2) is 7.35. The minimum atomic E-state index is -0.434. The molecule has 0 unspecified atom stereocenters. The molecule has 0 atom stereocenters. The molecule has 2 amide bonds. The Morgan fingerprint density at radius 3 is 2.30 bits per heavy atom. The largest absolute Gasteiger partial charge is 0.326 e.